The molecule has 4 rings (SSSR count). The standard InChI is InChI=1S/C26H30N4O7S/c31-23-9-4-5-12-29(23)14-15-37-26(34)30-13-10-22-19(18-30)17-21(25(33)28-22)24(32)27-11-6-16-38(35,36)20-7-2-1-3-8-20/h1-3,6-8,16-17H,4-5,9-15,18H2,(H,27,32)(H,28,33)/b16-6+. The summed E-state index contributed by atoms with van der Waals surface area (Å²) in [6.07, 6.45) is 3.52. The van der Waals surface area contributed by atoms with Gasteiger partial charge in [0.1, 0.15) is 12.2 Å². The summed E-state index contributed by atoms with van der Waals surface area (Å²) in [6, 6.07) is 9.33. The Kier molecular flexibility index (Phi) is 8.62. The molecule has 1 aromatic carbocycles. The van der Waals surface area contributed by atoms with Gasteiger partial charge in [0.2, 0.25) is 5.91 Å². The van der Waals surface area contributed by atoms with Crippen molar-refractivity contribution in [2.45, 2.75) is 37.1 Å². The smallest absolute Gasteiger partial charge is 0.410 e. The van der Waals surface area contributed by atoms with Crippen molar-refractivity contribution in [3.05, 3.63) is 75.1 Å². The lowest BCUT2D eigenvalue weighted by atomic mass is 10.0. The maximum absolute atomic E-state index is 12.6. The minimum atomic E-state index is -3.64. The zero-order valence-corrected chi connectivity index (χ0v) is 21.7. The predicted molar refractivity (Wildman–Crippen MR) is 138 cm³/mol. The molecule has 1 saturated heterocycles. The van der Waals surface area contributed by atoms with E-state index in [1.807, 2.05) is 0 Å². The van der Waals surface area contributed by atoms with Gasteiger partial charge in [-0.25, -0.2) is 13.2 Å². The molecule has 38 heavy (non-hydrogen) atoms. The summed E-state index contributed by atoms with van der Waals surface area (Å²) in [5, 5.41) is 3.52. The third kappa shape index (κ3) is 6.68. The van der Waals surface area contributed by atoms with E-state index in [9.17, 15) is 27.6 Å². The van der Waals surface area contributed by atoms with Crippen LogP contribution in [0.15, 0.2) is 57.6 Å². The van der Waals surface area contributed by atoms with Crippen molar-refractivity contribution in [1.82, 2.24) is 20.1 Å². The van der Waals surface area contributed by atoms with Crippen molar-refractivity contribution in [2.24, 2.45) is 0 Å². The van der Waals surface area contributed by atoms with E-state index in [-0.39, 0.29) is 36.1 Å². The quantitative estimate of drug-likeness (QED) is 0.515. The summed E-state index contributed by atoms with van der Waals surface area (Å²) in [6.45, 7) is 1.53. The number of hydrogen-bond acceptors (Lipinski definition) is 7. The molecule has 3 amide bonds. The molecule has 0 bridgehead atoms. The van der Waals surface area contributed by atoms with Crippen LogP contribution in [0.5, 0.6) is 0 Å². The summed E-state index contributed by atoms with van der Waals surface area (Å²) in [7, 11) is -3.64. The number of nitrogens with zero attached hydrogens (tertiary/aromatic N) is 2. The second-order valence-corrected chi connectivity index (χ2v) is 10.9. The maximum Gasteiger partial charge on any atom is 0.410 e. The minimum absolute atomic E-state index is 0.0715. The van der Waals surface area contributed by atoms with Crippen molar-refractivity contribution in [3.8, 4) is 0 Å². The van der Waals surface area contributed by atoms with Gasteiger partial charge in [0.15, 0.2) is 9.84 Å². The normalized spacial score (nSPS) is 15.8. The Balaban J connectivity index is 1.32. The third-order valence-corrected chi connectivity index (χ3v) is 7.93. The van der Waals surface area contributed by atoms with E-state index < -0.39 is 27.4 Å². The Hall–Kier alpha value is -3.93. The molecule has 0 unspecified atom stereocenters. The van der Waals surface area contributed by atoms with E-state index in [2.05, 4.69) is 10.3 Å². The number of ether oxygens (including phenoxy) is 1. The highest BCUT2D eigenvalue weighted by Gasteiger charge is 2.25. The lowest BCUT2D eigenvalue weighted by Crippen LogP contribution is -2.41. The van der Waals surface area contributed by atoms with E-state index >= 15 is 0 Å². The zero-order valence-electron chi connectivity index (χ0n) is 20.9. The molecule has 2 aliphatic heterocycles. The first-order valence-electron chi connectivity index (χ1n) is 12.4. The lowest BCUT2D eigenvalue weighted by molar-refractivity contribution is -0.133. The second-order valence-electron chi connectivity index (χ2n) is 9.08. The fraction of sp³-hybridized carbons (Fsp3) is 0.385. The molecule has 2 N–H and O–H groups in total. The molecule has 1 aromatic heterocycles. The van der Waals surface area contributed by atoms with E-state index in [0.717, 1.165) is 18.2 Å². The van der Waals surface area contributed by atoms with Crippen molar-refractivity contribution < 1.29 is 27.5 Å². The largest absolute Gasteiger partial charge is 0.448 e. The minimum Gasteiger partial charge on any atom is -0.448 e. The number of likely N-dealkylation sites (tertiary alicyclic amines) is 1. The molecule has 2 aromatic rings. The van der Waals surface area contributed by atoms with Gasteiger partial charge >= 0.3 is 6.09 Å². The van der Waals surface area contributed by atoms with Gasteiger partial charge in [0.05, 0.1) is 18.0 Å². The molecule has 3 heterocycles. The van der Waals surface area contributed by atoms with Crippen LogP contribution in [-0.4, -0.2) is 73.9 Å². The molecule has 0 saturated carbocycles. The highest BCUT2D eigenvalue weighted by atomic mass is 32.2. The SMILES string of the molecule is O=C(NC/C=C/S(=O)(=O)c1ccccc1)c1cc2c([nH]c1=O)CCN(C(=O)OCCN1CCCCC1=O)C2. The Morgan fingerprint density at radius 3 is 2.63 bits per heavy atom. The molecular weight excluding hydrogens is 512 g/mol. The average Bonchev–Trinajstić information content (AvgIpc) is 2.92. The first kappa shape index (κ1) is 27.1. The van der Waals surface area contributed by atoms with Crippen LogP contribution in [-0.2, 0) is 32.3 Å². The third-order valence-electron chi connectivity index (χ3n) is 6.45. The van der Waals surface area contributed by atoms with E-state index in [1.54, 1.807) is 23.1 Å². The number of nitrogens with one attached hydrogen (secondary N) is 2. The number of H-pyrrole nitrogens is 1. The summed E-state index contributed by atoms with van der Waals surface area (Å²) < 4.78 is 29.9. The van der Waals surface area contributed by atoms with Gasteiger partial charge in [-0.1, -0.05) is 24.3 Å². The number of piperidine rings is 1. The number of hydrogen-bond donors (Lipinski definition) is 2. The number of carbonyl (C=O) groups excluding carboxylic acids is 3. The number of rotatable bonds is 8. The van der Waals surface area contributed by atoms with Gasteiger partial charge < -0.3 is 24.8 Å². The van der Waals surface area contributed by atoms with Gasteiger partial charge in [-0.05, 0) is 36.6 Å². The van der Waals surface area contributed by atoms with Crippen LogP contribution in [0.2, 0.25) is 0 Å². The first-order valence-corrected chi connectivity index (χ1v) is 14.0. The number of benzene rings is 1. The van der Waals surface area contributed by atoms with Gasteiger partial charge in [-0.2, -0.15) is 0 Å². The summed E-state index contributed by atoms with van der Waals surface area (Å²) in [5.41, 5.74) is 0.556. The van der Waals surface area contributed by atoms with Crippen molar-refractivity contribution >= 4 is 27.7 Å². The Morgan fingerprint density at radius 2 is 1.87 bits per heavy atom. The Labute approximate surface area is 220 Å². The molecule has 2 aliphatic rings. The number of sulfone groups is 1. The van der Waals surface area contributed by atoms with E-state index in [0.29, 0.717) is 43.7 Å². The first-order chi connectivity index (χ1) is 18.2. The predicted octanol–water partition coefficient (Wildman–Crippen LogP) is 1.60. The average molecular weight is 543 g/mol. The van der Waals surface area contributed by atoms with Gasteiger partial charge in [0, 0.05) is 43.6 Å². The highest BCUT2D eigenvalue weighted by molar-refractivity contribution is 7.94. The fourth-order valence-electron chi connectivity index (χ4n) is 4.37. The summed E-state index contributed by atoms with van der Waals surface area (Å²) >= 11 is 0. The van der Waals surface area contributed by atoms with Crippen LogP contribution in [0.4, 0.5) is 4.79 Å². The van der Waals surface area contributed by atoms with Gasteiger partial charge in [0.25, 0.3) is 11.5 Å². The van der Waals surface area contributed by atoms with Crippen molar-refractivity contribution in [3.63, 3.8) is 0 Å². The van der Waals surface area contributed by atoms with Gasteiger partial charge in [-0.3, -0.25) is 14.4 Å². The molecule has 0 aliphatic carbocycles. The zero-order chi connectivity index (χ0) is 27.1. The molecular formula is C26H30N4O7S. The van der Waals surface area contributed by atoms with Crippen LogP contribution in [0.3, 0.4) is 0 Å². The Morgan fingerprint density at radius 1 is 1.08 bits per heavy atom. The van der Waals surface area contributed by atoms with E-state index in [1.165, 1.54) is 29.2 Å². The van der Waals surface area contributed by atoms with E-state index in [4.69, 9.17) is 4.74 Å². The number of aromatic amines is 1. The number of aromatic nitrogens is 1. The molecule has 12 heteroatoms. The molecule has 0 spiro atoms. The van der Waals surface area contributed by atoms with Gasteiger partial charge in [-0.15, -0.1) is 0 Å². The number of pyridine rings is 1. The number of carbonyl (C=O) groups is 3. The fourth-order valence-corrected chi connectivity index (χ4v) is 5.42. The van der Waals surface area contributed by atoms with Crippen LogP contribution in [0, 0.1) is 0 Å². The Bertz CT molecular complexity index is 1390. The lowest BCUT2D eigenvalue weighted by Gasteiger charge is -2.29. The highest BCUT2D eigenvalue weighted by Crippen LogP contribution is 2.18. The van der Waals surface area contributed by atoms with Crippen molar-refractivity contribution in [1.29, 1.82) is 0 Å². The second kappa shape index (κ2) is 12.1. The summed E-state index contributed by atoms with van der Waals surface area (Å²) in [5.74, 6) is -0.594. The summed E-state index contributed by atoms with van der Waals surface area (Å²) in [4.78, 5) is 55.6. The molecule has 0 atom stereocenters. The number of fused-ring (bicyclic) bond motifs is 1. The molecule has 0 radical (unpaired) electrons. The number of amides is 3. The topological polar surface area (TPSA) is 146 Å². The van der Waals surface area contributed by atoms with Crippen LogP contribution in [0.25, 0.3) is 0 Å². The van der Waals surface area contributed by atoms with Crippen LogP contribution >= 0.6 is 0 Å². The molecule has 202 valence electrons. The van der Waals surface area contributed by atoms with Crippen molar-refractivity contribution in [2.75, 3.05) is 32.8 Å². The maximum atomic E-state index is 12.6. The molecule has 1 fully saturated rings. The van der Waals surface area contributed by atoms with Crippen LogP contribution < -0.4 is 10.9 Å². The molecule has 11 nitrogen and oxygen atoms in total. The van der Waals surface area contributed by atoms with Crippen LogP contribution in [0.1, 0.15) is 40.9 Å². The monoisotopic (exact) mass is 542 g/mol.